The Balaban J connectivity index is 1.75. The Kier molecular flexibility index (Phi) is 5.20. The standard InChI is InChI=1S/C19H19FN4O/c20-17-3-1-2-14(10-17)13-24(9-7-21)19(25)23-18-5-4-16-12-22-8-6-15(16)11-18/h1-6,8,10-12H,7,9,13,21H2,(H,23,25). The summed E-state index contributed by atoms with van der Waals surface area (Å²) in [5, 5.41) is 4.86. The molecule has 6 heteroatoms. The minimum absolute atomic E-state index is 0.275. The highest BCUT2D eigenvalue weighted by Crippen LogP contribution is 2.18. The topological polar surface area (TPSA) is 71.2 Å². The highest BCUT2D eigenvalue weighted by atomic mass is 19.1. The van der Waals surface area contributed by atoms with Gasteiger partial charge in [-0.05, 0) is 41.3 Å². The van der Waals surface area contributed by atoms with E-state index < -0.39 is 0 Å². The molecule has 2 aromatic carbocycles. The van der Waals surface area contributed by atoms with Crippen LogP contribution >= 0.6 is 0 Å². The fourth-order valence-electron chi connectivity index (χ4n) is 2.63. The van der Waals surface area contributed by atoms with Crippen LogP contribution in [0.4, 0.5) is 14.9 Å². The van der Waals surface area contributed by atoms with Crippen molar-refractivity contribution in [1.29, 1.82) is 0 Å². The number of carbonyl (C=O) groups excluding carboxylic acids is 1. The van der Waals surface area contributed by atoms with E-state index in [1.165, 1.54) is 12.1 Å². The van der Waals surface area contributed by atoms with Crippen LogP contribution in [0.15, 0.2) is 60.9 Å². The molecule has 2 amide bonds. The van der Waals surface area contributed by atoms with Gasteiger partial charge in [0.1, 0.15) is 5.82 Å². The quantitative estimate of drug-likeness (QED) is 0.749. The molecule has 0 unspecified atom stereocenters. The number of halogens is 1. The van der Waals surface area contributed by atoms with Gasteiger partial charge in [0.05, 0.1) is 0 Å². The first-order valence-corrected chi connectivity index (χ1v) is 8.00. The maximum atomic E-state index is 13.4. The molecule has 0 aliphatic rings. The van der Waals surface area contributed by atoms with Gasteiger partial charge in [0.25, 0.3) is 0 Å². The summed E-state index contributed by atoms with van der Waals surface area (Å²) in [5.41, 5.74) is 7.02. The molecule has 1 heterocycles. The van der Waals surface area contributed by atoms with Crippen molar-refractivity contribution < 1.29 is 9.18 Å². The molecule has 5 nitrogen and oxygen atoms in total. The molecule has 0 saturated carbocycles. The SMILES string of the molecule is NCCN(Cc1cccc(F)c1)C(=O)Nc1ccc2cnccc2c1. The molecule has 3 aromatic rings. The van der Waals surface area contributed by atoms with Crippen LogP contribution in [0, 0.1) is 5.82 Å². The fourth-order valence-corrected chi connectivity index (χ4v) is 2.63. The number of urea groups is 1. The van der Waals surface area contributed by atoms with E-state index in [1.807, 2.05) is 24.3 Å². The molecule has 3 rings (SSSR count). The molecule has 0 aliphatic carbocycles. The number of anilines is 1. The predicted octanol–water partition coefficient (Wildman–Crippen LogP) is 3.37. The molecule has 128 valence electrons. The van der Waals surface area contributed by atoms with Gasteiger partial charge in [0, 0.05) is 43.1 Å². The first-order chi connectivity index (χ1) is 12.2. The molecule has 0 radical (unpaired) electrons. The fraction of sp³-hybridized carbons (Fsp3) is 0.158. The number of pyridine rings is 1. The summed E-state index contributed by atoms with van der Waals surface area (Å²) in [6.07, 6.45) is 3.48. The van der Waals surface area contributed by atoms with E-state index in [1.54, 1.807) is 29.4 Å². The largest absolute Gasteiger partial charge is 0.329 e. The van der Waals surface area contributed by atoms with E-state index in [9.17, 15) is 9.18 Å². The first-order valence-electron chi connectivity index (χ1n) is 8.00. The Morgan fingerprint density at radius 3 is 2.84 bits per heavy atom. The summed E-state index contributed by atoms with van der Waals surface area (Å²) >= 11 is 0. The van der Waals surface area contributed by atoms with Crippen LogP contribution < -0.4 is 11.1 Å². The normalized spacial score (nSPS) is 10.6. The van der Waals surface area contributed by atoms with E-state index >= 15 is 0 Å². The van der Waals surface area contributed by atoms with Crippen molar-refractivity contribution >= 4 is 22.5 Å². The minimum Gasteiger partial charge on any atom is -0.329 e. The van der Waals surface area contributed by atoms with Crippen molar-refractivity contribution in [2.75, 3.05) is 18.4 Å². The van der Waals surface area contributed by atoms with Crippen molar-refractivity contribution in [3.8, 4) is 0 Å². The minimum atomic E-state index is -0.325. The Morgan fingerprint density at radius 2 is 2.04 bits per heavy atom. The van der Waals surface area contributed by atoms with Crippen molar-refractivity contribution in [3.05, 3.63) is 72.3 Å². The number of amides is 2. The van der Waals surface area contributed by atoms with Gasteiger partial charge in [0.15, 0.2) is 0 Å². The van der Waals surface area contributed by atoms with Gasteiger partial charge in [-0.15, -0.1) is 0 Å². The van der Waals surface area contributed by atoms with Crippen molar-refractivity contribution in [2.45, 2.75) is 6.54 Å². The molecule has 0 bridgehead atoms. The third-order valence-corrected chi connectivity index (χ3v) is 3.84. The molecular weight excluding hydrogens is 319 g/mol. The molecule has 25 heavy (non-hydrogen) atoms. The maximum Gasteiger partial charge on any atom is 0.322 e. The van der Waals surface area contributed by atoms with Crippen LogP contribution in [0.1, 0.15) is 5.56 Å². The first kappa shape index (κ1) is 16.9. The van der Waals surface area contributed by atoms with Crippen molar-refractivity contribution in [2.24, 2.45) is 5.73 Å². The lowest BCUT2D eigenvalue weighted by Gasteiger charge is -2.22. The zero-order valence-electron chi connectivity index (χ0n) is 13.7. The summed E-state index contributed by atoms with van der Waals surface area (Å²) in [7, 11) is 0. The van der Waals surface area contributed by atoms with Gasteiger partial charge < -0.3 is 16.0 Å². The smallest absolute Gasteiger partial charge is 0.322 e. The number of carbonyl (C=O) groups is 1. The van der Waals surface area contributed by atoms with Crippen LogP contribution in [0.25, 0.3) is 10.8 Å². The molecule has 0 atom stereocenters. The number of hydrogen-bond donors (Lipinski definition) is 2. The van der Waals surface area contributed by atoms with E-state index in [0.717, 1.165) is 10.8 Å². The zero-order valence-corrected chi connectivity index (χ0v) is 13.7. The zero-order chi connectivity index (χ0) is 17.6. The van der Waals surface area contributed by atoms with E-state index in [4.69, 9.17) is 5.73 Å². The van der Waals surface area contributed by atoms with Crippen LogP contribution in [-0.4, -0.2) is 29.0 Å². The molecule has 0 spiro atoms. The van der Waals surface area contributed by atoms with E-state index in [2.05, 4.69) is 10.3 Å². The average Bonchev–Trinajstić information content (AvgIpc) is 2.61. The monoisotopic (exact) mass is 338 g/mol. The number of rotatable bonds is 5. The Hall–Kier alpha value is -2.99. The second-order valence-electron chi connectivity index (χ2n) is 5.71. The van der Waals surface area contributed by atoms with Gasteiger partial charge in [-0.3, -0.25) is 4.98 Å². The van der Waals surface area contributed by atoms with Crippen LogP contribution in [0.2, 0.25) is 0 Å². The summed E-state index contributed by atoms with van der Waals surface area (Å²) in [5.74, 6) is -0.325. The maximum absolute atomic E-state index is 13.4. The molecule has 0 saturated heterocycles. The van der Waals surface area contributed by atoms with Crippen LogP contribution in [-0.2, 0) is 6.54 Å². The molecule has 3 N–H and O–H groups in total. The van der Waals surface area contributed by atoms with E-state index in [-0.39, 0.29) is 18.4 Å². The number of nitrogens with two attached hydrogens (primary N) is 1. The Morgan fingerprint density at radius 1 is 1.16 bits per heavy atom. The lowest BCUT2D eigenvalue weighted by Crippen LogP contribution is -2.38. The second kappa shape index (κ2) is 7.72. The third-order valence-electron chi connectivity index (χ3n) is 3.84. The molecule has 1 aromatic heterocycles. The third kappa shape index (κ3) is 4.30. The summed E-state index contributed by atoms with van der Waals surface area (Å²) < 4.78 is 13.4. The number of benzene rings is 2. The molecule has 0 aliphatic heterocycles. The van der Waals surface area contributed by atoms with Crippen molar-refractivity contribution in [1.82, 2.24) is 9.88 Å². The number of fused-ring (bicyclic) bond motifs is 1. The summed E-state index contributed by atoms with van der Waals surface area (Å²) in [4.78, 5) is 18.2. The molecular formula is C19H19FN4O. The van der Waals surface area contributed by atoms with Gasteiger partial charge in [-0.1, -0.05) is 18.2 Å². The van der Waals surface area contributed by atoms with Crippen LogP contribution in [0.5, 0.6) is 0 Å². The Labute approximate surface area is 145 Å². The Bertz CT molecular complexity index is 884. The predicted molar refractivity (Wildman–Crippen MR) is 96.6 cm³/mol. The van der Waals surface area contributed by atoms with Gasteiger partial charge in [0.2, 0.25) is 0 Å². The summed E-state index contributed by atoms with van der Waals surface area (Å²) in [6, 6.07) is 13.4. The lowest BCUT2D eigenvalue weighted by molar-refractivity contribution is 0.210. The number of aromatic nitrogens is 1. The number of nitrogens with one attached hydrogen (secondary N) is 1. The van der Waals surface area contributed by atoms with Crippen molar-refractivity contribution in [3.63, 3.8) is 0 Å². The summed E-state index contributed by atoms with van der Waals surface area (Å²) in [6.45, 7) is 0.990. The van der Waals surface area contributed by atoms with Gasteiger partial charge in [-0.2, -0.15) is 0 Å². The second-order valence-corrected chi connectivity index (χ2v) is 5.71. The number of nitrogens with zero attached hydrogens (tertiary/aromatic N) is 2. The van der Waals surface area contributed by atoms with Crippen LogP contribution in [0.3, 0.4) is 0 Å². The van der Waals surface area contributed by atoms with Gasteiger partial charge >= 0.3 is 6.03 Å². The average molecular weight is 338 g/mol. The van der Waals surface area contributed by atoms with E-state index in [0.29, 0.717) is 24.3 Å². The highest BCUT2D eigenvalue weighted by molar-refractivity contribution is 5.93. The number of hydrogen-bond acceptors (Lipinski definition) is 3. The highest BCUT2D eigenvalue weighted by Gasteiger charge is 2.14. The lowest BCUT2D eigenvalue weighted by atomic mass is 10.1. The molecule has 0 fully saturated rings. The van der Waals surface area contributed by atoms with Gasteiger partial charge in [-0.25, -0.2) is 9.18 Å².